The molecule has 230 valence electrons. The molecule has 1 amide bonds. The fourth-order valence-corrected chi connectivity index (χ4v) is 6.89. The van der Waals surface area contributed by atoms with E-state index in [0.29, 0.717) is 44.8 Å². The molecular weight excluding hydrogens is 550 g/mol. The van der Waals surface area contributed by atoms with Crippen LogP contribution in [0.3, 0.4) is 0 Å². The summed E-state index contributed by atoms with van der Waals surface area (Å²) < 4.78 is 6.35. The molecule has 1 aromatic heterocycles. The molecule has 3 aromatic rings. The number of nitriles is 1. The number of aromatic nitrogens is 2. The second-order valence-electron chi connectivity index (χ2n) is 12.5. The molecule has 9 nitrogen and oxygen atoms in total. The van der Waals surface area contributed by atoms with Crippen LogP contribution in [0, 0.1) is 18.3 Å². The maximum atomic E-state index is 12.6. The van der Waals surface area contributed by atoms with E-state index < -0.39 is 0 Å². The van der Waals surface area contributed by atoms with Crippen molar-refractivity contribution < 1.29 is 9.53 Å². The van der Waals surface area contributed by atoms with Crippen molar-refractivity contribution in [3.05, 3.63) is 65.9 Å². The van der Waals surface area contributed by atoms with E-state index in [1.807, 2.05) is 0 Å². The molecular formula is C35H43N7O2. The first-order valence-corrected chi connectivity index (χ1v) is 15.9. The van der Waals surface area contributed by atoms with E-state index in [1.54, 1.807) is 4.90 Å². The van der Waals surface area contributed by atoms with E-state index in [2.05, 4.69) is 84.6 Å². The molecule has 2 aromatic carbocycles. The Morgan fingerprint density at radius 1 is 1.18 bits per heavy atom. The van der Waals surface area contributed by atoms with Crippen molar-refractivity contribution in [1.82, 2.24) is 19.8 Å². The lowest BCUT2D eigenvalue weighted by Gasteiger charge is -2.42. The number of piperazine rings is 1. The molecule has 2 atom stereocenters. The SMILES string of the molecule is C=CC(=O)N1CCN(c2nc(OC[C@@H](C)N(C)C3CCC3)nc3c2CCN(c2cccc4cccc(C)c24)C3)CC1CC#N. The van der Waals surface area contributed by atoms with Crippen LogP contribution < -0.4 is 14.5 Å². The van der Waals surface area contributed by atoms with Crippen LogP contribution >= 0.6 is 0 Å². The van der Waals surface area contributed by atoms with Crippen LogP contribution in [-0.4, -0.2) is 83.6 Å². The normalized spacial score (nSPS) is 19.3. The summed E-state index contributed by atoms with van der Waals surface area (Å²) in [4.78, 5) is 31.4. The molecule has 1 aliphatic carbocycles. The zero-order valence-corrected chi connectivity index (χ0v) is 26.2. The zero-order chi connectivity index (χ0) is 30.8. The second kappa shape index (κ2) is 12.8. The van der Waals surface area contributed by atoms with Crippen molar-refractivity contribution in [2.45, 2.75) is 70.6 Å². The number of anilines is 2. The van der Waals surface area contributed by atoms with Gasteiger partial charge in [-0.05, 0) is 63.2 Å². The van der Waals surface area contributed by atoms with Crippen molar-refractivity contribution in [1.29, 1.82) is 5.26 Å². The van der Waals surface area contributed by atoms with Gasteiger partial charge in [0.25, 0.3) is 0 Å². The van der Waals surface area contributed by atoms with Gasteiger partial charge in [-0.3, -0.25) is 9.69 Å². The van der Waals surface area contributed by atoms with E-state index in [1.165, 1.54) is 47.4 Å². The third-order valence-corrected chi connectivity index (χ3v) is 9.82. The van der Waals surface area contributed by atoms with Crippen molar-refractivity contribution in [2.75, 3.05) is 49.6 Å². The summed E-state index contributed by atoms with van der Waals surface area (Å²) in [5, 5.41) is 12.1. The number of hydrogen-bond donors (Lipinski definition) is 0. The van der Waals surface area contributed by atoms with Gasteiger partial charge in [-0.15, -0.1) is 0 Å². The molecule has 0 spiro atoms. The molecule has 2 fully saturated rings. The minimum absolute atomic E-state index is 0.135. The Labute approximate surface area is 260 Å². The fourth-order valence-electron chi connectivity index (χ4n) is 6.89. The van der Waals surface area contributed by atoms with Crippen LogP contribution in [0.25, 0.3) is 10.8 Å². The van der Waals surface area contributed by atoms with Gasteiger partial charge in [0.2, 0.25) is 5.91 Å². The quantitative estimate of drug-likeness (QED) is 0.325. The van der Waals surface area contributed by atoms with E-state index in [9.17, 15) is 10.1 Å². The van der Waals surface area contributed by atoms with Gasteiger partial charge in [0.05, 0.1) is 30.8 Å². The molecule has 1 saturated carbocycles. The predicted molar refractivity (Wildman–Crippen MR) is 174 cm³/mol. The Kier molecular flexibility index (Phi) is 8.72. The van der Waals surface area contributed by atoms with Gasteiger partial charge in [0.15, 0.2) is 0 Å². The molecule has 6 rings (SSSR count). The van der Waals surface area contributed by atoms with Crippen LogP contribution in [0.2, 0.25) is 0 Å². The van der Waals surface area contributed by atoms with Gasteiger partial charge in [0, 0.05) is 54.9 Å². The average Bonchev–Trinajstić information content (AvgIpc) is 3.01. The molecule has 2 aliphatic heterocycles. The topological polar surface area (TPSA) is 88.8 Å². The largest absolute Gasteiger partial charge is 0.462 e. The van der Waals surface area contributed by atoms with Gasteiger partial charge >= 0.3 is 6.01 Å². The second-order valence-corrected chi connectivity index (χ2v) is 12.5. The van der Waals surface area contributed by atoms with Crippen molar-refractivity contribution in [3.8, 4) is 12.1 Å². The summed E-state index contributed by atoms with van der Waals surface area (Å²) >= 11 is 0. The Bertz CT molecular complexity index is 1570. The smallest absolute Gasteiger partial charge is 0.318 e. The molecule has 0 radical (unpaired) electrons. The number of benzene rings is 2. The highest BCUT2D eigenvalue weighted by molar-refractivity contribution is 5.97. The number of likely N-dealkylation sites (N-methyl/N-ethyl adjacent to an activating group) is 1. The number of amides is 1. The van der Waals surface area contributed by atoms with Crippen LogP contribution in [-0.2, 0) is 17.8 Å². The third-order valence-electron chi connectivity index (χ3n) is 9.82. The third kappa shape index (κ3) is 5.83. The lowest BCUT2D eigenvalue weighted by molar-refractivity contribution is -0.128. The Morgan fingerprint density at radius 2 is 1.98 bits per heavy atom. The Balaban J connectivity index is 1.32. The number of fused-ring (bicyclic) bond motifs is 2. The zero-order valence-electron chi connectivity index (χ0n) is 26.2. The molecule has 1 saturated heterocycles. The average molecular weight is 594 g/mol. The summed E-state index contributed by atoms with van der Waals surface area (Å²) in [6, 6.07) is 16.3. The lowest BCUT2D eigenvalue weighted by atomic mass is 9.91. The fraction of sp³-hybridized carbons (Fsp3) is 0.486. The number of carbonyl (C=O) groups is 1. The number of ether oxygens (including phenoxy) is 1. The number of hydrogen-bond acceptors (Lipinski definition) is 8. The predicted octanol–water partition coefficient (Wildman–Crippen LogP) is 4.87. The number of nitrogens with zero attached hydrogens (tertiary/aromatic N) is 7. The minimum Gasteiger partial charge on any atom is -0.462 e. The number of rotatable bonds is 9. The molecule has 3 heterocycles. The standard InChI is InChI=1S/C35H43N7O2/c1-5-32(43)42-20-19-41(21-28(42)15-17-36)34-29-16-18-40(31-14-7-11-26-10-6-9-24(2)33(26)31)22-30(29)37-35(38-34)44-23-25(3)39(4)27-12-8-13-27/h5-7,9-11,14,25,27-28H,1,8,12-13,15-16,18-23H2,2-4H3/t25-,28?/m1/s1. The first-order chi connectivity index (χ1) is 21.4. The van der Waals surface area contributed by atoms with Crippen LogP contribution in [0.15, 0.2) is 49.1 Å². The summed E-state index contributed by atoms with van der Waals surface area (Å²) in [6.07, 6.45) is 6.17. The maximum absolute atomic E-state index is 12.6. The number of carbonyl (C=O) groups excluding carboxylic acids is 1. The van der Waals surface area contributed by atoms with Crippen molar-refractivity contribution >= 4 is 28.2 Å². The van der Waals surface area contributed by atoms with Crippen LogP contribution in [0.1, 0.15) is 49.4 Å². The van der Waals surface area contributed by atoms with E-state index in [-0.39, 0.29) is 24.4 Å². The molecule has 0 N–H and O–H groups in total. The maximum Gasteiger partial charge on any atom is 0.318 e. The highest BCUT2D eigenvalue weighted by Crippen LogP contribution is 2.36. The van der Waals surface area contributed by atoms with Gasteiger partial charge in [-0.1, -0.05) is 43.3 Å². The summed E-state index contributed by atoms with van der Waals surface area (Å²) in [6.45, 7) is 11.7. The van der Waals surface area contributed by atoms with Gasteiger partial charge < -0.3 is 19.4 Å². The summed E-state index contributed by atoms with van der Waals surface area (Å²) in [5.41, 5.74) is 4.58. The van der Waals surface area contributed by atoms with Crippen molar-refractivity contribution in [2.24, 2.45) is 0 Å². The monoisotopic (exact) mass is 593 g/mol. The van der Waals surface area contributed by atoms with Crippen LogP contribution in [0.4, 0.5) is 11.5 Å². The van der Waals surface area contributed by atoms with Gasteiger partial charge in [0.1, 0.15) is 12.4 Å². The highest BCUT2D eigenvalue weighted by atomic mass is 16.5. The molecule has 44 heavy (non-hydrogen) atoms. The van der Waals surface area contributed by atoms with Gasteiger partial charge in [-0.2, -0.15) is 15.2 Å². The summed E-state index contributed by atoms with van der Waals surface area (Å²) in [5.74, 6) is 0.733. The van der Waals surface area contributed by atoms with Crippen LogP contribution in [0.5, 0.6) is 6.01 Å². The lowest BCUT2D eigenvalue weighted by Crippen LogP contribution is -2.55. The summed E-state index contributed by atoms with van der Waals surface area (Å²) in [7, 11) is 2.18. The van der Waals surface area contributed by atoms with Crippen molar-refractivity contribution in [3.63, 3.8) is 0 Å². The van der Waals surface area contributed by atoms with E-state index in [0.717, 1.165) is 30.0 Å². The van der Waals surface area contributed by atoms with E-state index >= 15 is 0 Å². The first-order valence-electron chi connectivity index (χ1n) is 15.9. The Morgan fingerprint density at radius 3 is 2.70 bits per heavy atom. The minimum atomic E-state index is -0.232. The highest BCUT2D eigenvalue weighted by Gasteiger charge is 2.34. The molecule has 1 unspecified atom stereocenters. The molecule has 0 bridgehead atoms. The molecule has 3 aliphatic rings. The van der Waals surface area contributed by atoms with E-state index in [4.69, 9.17) is 14.7 Å². The number of aryl methyl sites for hydroxylation is 1. The van der Waals surface area contributed by atoms with Gasteiger partial charge in [-0.25, -0.2) is 0 Å². The Hall–Kier alpha value is -4.16. The first kappa shape index (κ1) is 29.9. The molecule has 9 heteroatoms.